The van der Waals surface area contributed by atoms with Crippen LogP contribution in [0, 0.1) is 17.8 Å². The highest BCUT2D eigenvalue weighted by Crippen LogP contribution is 2.44. The lowest BCUT2D eigenvalue weighted by atomic mass is 9.72. The first-order chi connectivity index (χ1) is 50.7. The molecule has 29 heteroatoms. The number of benzene rings is 5. The predicted molar refractivity (Wildman–Crippen MR) is 411 cm³/mol. The molecular formula is C78H96ClF3N10O11S4. The number of piperazine rings is 2. The van der Waals surface area contributed by atoms with Crippen molar-refractivity contribution in [1.82, 2.24) is 39.9 Å². The summed E-state index contributed by atoms with van der Waals surface area (Å²) < 4.78 is 107. The number of aliphatic hydroxyl groups is 1. The van der Waals surface area contributed by atoms with Gasteiger partial charge in [-0.3, -0.25) is 33.8 Å². The molecule has 1 aliphatic carbocycles. The van der Waals surface area contributed by atoms with E-state index in [2.05, 4.69) is 61.6 Å². The molecule has 3 saturated heterocycles. The number of thiazole rings is 1. The molecule has 5 amide bonds. The van der Waals surface area contributed by atoms with Gasteiger partial charge in [0.15, 0.2) is 0 Å². The highest BCUT2D eigenvalue weighted by molar-refractivity contribution is 7.99. The van der Waals surface area contributed by atoms with E-state index in [1.807, 2.05) is 85.3 Å². The molecule has 5 N–H and O–H groups in total. The Kier molecular flexibility index (Phi) is 25.8. The fourth-order valence-electron chi connectivity index (χ4n) is 14.9. The van der Waals surface area contributed by atoms with E-state index >= 15 is 0 Å². The molecule has 1 unspecified atom stereocenters. The van der Waals surface area contributed by atoms with E-state index in [1.54, 1.807) is 54.7 Å². The molecule has 1 aromatic heterocycles. The van der Waals surface area contributed by atoms with Gasteiger partial charge in [0.1, 0.15) is 23.6 Å². The number of alkyl halides is 3. The fraction of sp³-hybridized carbons (Fsp3) is 0.487. The molecule has 0 saturated carbocycles. The molecule has 4 aliphatic heterocycles. The van der Waals surface area contributed by atoms with Gasteiger partial charge in [0.25, 0.3) is 25.8 Å². The largest absolute Gasteiger partial charge is 0.501 e. The first-order valence-electron chi connectivity index (χ1n) is 36.4. The zero-order chi connectivity index (χ0) is 76.8. The second-order valence-corrected chi connectivity index (χ2v) is 36.4. The number of sulfone groups is 1. The van der Waals surface area contributed by atoms with Crippen LogP contribution in [0.3, 0.4) is 0 Å². The lowest BCUT2D eigenvalue weighted by Crippen LogP contribution is -2.57. The Morgan fingerprint density at radius 3 is 2.24 bits per heavy atom. The number of allylic oxidation sites excluding steroid dienone is 1. The van der Waals surface area contributed by atoms with Crippen LogP contribution < -0.4 is 25.6 Å². The van der Waals surface area contributed by atoms with Gasteiger partial charge in [0, 0.05) is 124 Å². The second-order valence-electron chi connectivity index (χ2n) is 30.5. The number of nitrogens with one attached hydrogen (secondary N) is 4. The minimum absolute atomic E-state index is 0.0111. The lowest BCUT2D eigenvalue weighted by Gasteiger charge is -2.47. The average molecular weight is 1570 g/mol. The van der Waals surface area contributed by atoms with Gasteiger partial charge in [-0.2, -0.15) is 13.2 Å². The van der Waals surface area contributed by atoms with Crippen LogP contribution >= 0.6 is 34.7 Å². The number of sulfonamides is 1. The molecule has 5 heterocycles. The molecule has 5 aliphatic rings. The highest BCUT2D eigenvalue weighted by Gasteiger charge is 2.49. The van der Waals surface area contributed by atoms with E-state index in [-0.39, 0.29) is 74.1 Å². The first kappa shape index (κ1) is 80.6. The number of aryl methyl sites for hydroxylation is 2. The summed E-state index contributed by atoms with van der Waals surface area (Å²) in [6.07, 6.45) is 4.05. The second kappa shape index (κ2) is 34.2. The van der Waals surface area contributed by atoms with Crippen LogP contribution in [0.5, 0.6) is 0 Å². The quantitative estimate of drug-likeness (QED) is 0.0237. The number of ether oxygens (including phenoxy) is 1. The van der Waals surface area contributed by atoms with Crippen molar-refractivity contribution in [2.24, 2.45) is 10.8 Å². The van der Waals surface area contributed by atoms with Crippen LogP contribution in [0.2, 0.25) is 5.02 Å². The Bertz CT molecular complexity index is 4460. The summed E-state index contributed by atoms with van der Waals surface area (Å²) in [7, 11) is -11.2. The van der Waals surface area contributed by atoms with Gasteiger partial charge in [0.2, 0.25) is 23.6 Å². The Morgan fingerprint density at radius 2 is 1.55 bits per heavy atom. The number of amides is 5. The Hall–Kier alpha value is -7.41. The zero-order valence-electron chi connectivity index (χ0n) is 61.4. The maximum absolute atomic E-state index is 14.7. The molecule has 6 atom stereocenters. The van der Waals surface area contributed by atoms with Crippen molar-refractivity contribution in [2.45, 2.75) is 163 Å². The highest BCUT2D eigenvalue weighted by atomic mass is 35.5. The lowest BCUT2D eigenvalue weighted by molar-refractivity contribution is -0.144. The van der Waals surface area contributed by atoms with Gasteiger partial charge in [-0.05, 0) is 158 Å². The predicted octanol–water partition coefficient (Wildman–Crippen LogP) is 11.6. The topological polar surface area (TPSA) is 260 Å². The maximum atomic E-state index is 14.7. The van der Waals surface area contributed by atoms with Crippen LogP contribution in [0.25, 0.3) is 16.0 Å². The number of aromatic nitrogens is 1. The summed E-state index contributed by atoms with van der Waals surface area (Å²) >= 11 is 9.19. The van der Waals surface area contributed by atoms with Crippen LogP contribution in [0.1, 0.15) is 132 Å². The summed E-state index contributed by atoms with van der Waals surface area (Å²) in [5, 5.41) is 20.3. The zero-order valence-corrected chi connectivity index (χ0v) is 65.4. The van der Waals surface area contributed by atoms with Crippen LogP contribution in [-0.4, -0.2) is 196 Å². The number of aliphatic hydroxyl groups excluding tert-OH is 1. The standard InChI is InChI=1S/C78H96ClF3N10O11S4/c1-50(52-15-17-54(18-16-52)71-51(2)83-49-105-71)84-74(97)67-41-61(93)46-92(67)75(98)72(76(3,4)5)86-69(94)14-11-39-103-47-70(95)90-36-33-88(34-37-90)32-30-59(48-104-62-12-9-8-10-13-62)85-65-27-26-63(42-68(65)106(99,100)78(80,81)82)107(101,102)87-73(96)56-22-28-66-55(40-56)21-25-60-45-89(35-38-91(60)66)44-57-43-77(6,7)31-29-64(57)53-19-23-58(79)24-20-53/h8-10,12-13,15-20,22-24,26-28,40,42,49-50,59-61,67,72,85,93H,11,14,21,25,29-39,41,43-48H2,1-7H3,(H,84,97)(H,86,94)(H,87,96)/t50-,59+,60?,61+,67-,72+/m0/s1. The van der Waals surface area contributed by atoms with Gasteiger partial charge in [-0.1, -0.05) is 106 Å². The van der Waals surface area contributed by atoms with Crippen molar-refractivity contribution in [2.75, 3.05) is 94.6 Å². The molecule has 6 aromatic rings. The molecule has 11 rings (SSSR count). The fourth-order valence-corrected chi connectivity index (χ4v) is 18.8. The van der Waals surface area contributed by atoms with Gasteiger partial charge in [-0.25, -0.2) is 26.5 Å². The minimum atomic E-state index is -6.20. The van der Waals surface area contributed by atoms with E-state index in [1.165, 1.54) is 39.4 Å². The number of hydrogen-bond donors (Lipinski definition) is 5. The van der Waals surface area contributed by atoms with E-state index in [4.69, 9.17) is 16.3 Å². The monoisotopic (exact) mass is 1570 g/mol. The van der Waals surface area contributed by atoms with Crippen LogP contribution in [0.4, 0.5) is 24.5 Å². The molecule has 0 bridgehead atoms. The van der Waals surface area contributed by atoms with Crippen molar-refractivity contribution in [3.05, 3.63) is 159 Å². The molecule has 0 spiro atoms. The molecule has 3 fully saturated rings. The van der Waals surface area contributed by atoms with Crippen molar-refractivity contribution >= 4 is 101 Å². The summed E-state index contributed by atoms with van der Waals surface area (Å²) in [4.78, 5) is 82.8. The number of nitrogens with zero attached hydrogens (tertiary/aromatic N) is 6. The van der Waals surface area contributed by atoms with Crippen molar-refractivity contribution < 1.29 is 63.8 Å². The maximum Gasteiger partial charge on any atom is 0.501 e. The van der Waals surface area contributed by atoms with Crippen molar-refractivity contribution in [3.8, 4) is 10.4 Å². The number of fused-ring (bicyclic) bond motifs is 3. The van der Waals surface area contributed by atoms with E-state index in [9.17, 15) is 59.1 Å². The van der Waals surface area contributed by atoms with E-state index in [0.29, 0.717) is 50.2 Å². The third-order valence-corrected chi connectivity index (χ3v) is 26.1. The minimum Gasteiger partial charge on any atom is -0.391 e. The number of carbonyl (C=O) groups is 5. The summed E-state index contributed by atoms with van der Waals surface area (Å²) in [6.45, 7) is 18.6. The number of likely N-dealkylation sites (tertiary alicyclic amines) is 1. The smallest absolute Gasteiger partial charge is 0.391 e. The third kappa shape index (κ3) is 20.2. The Labute approximate surface area is 638 Å². The van der Waals surface area contributed by atoms with Crippen molar-refractivity contribution in [1.29, 1.82) is 0 Å². The average Bonchev–Trinajstić information content (AvgIpc) is 1.12. The summed E-state index contributed by atoms with van der Waals surface area (Å²) in [5.74, 6) is -2.43. The molecule has 21 nitrogen and oxygen atoms in total. The molecule has 107 heavy (non-hydrogen) atoms. The molecule has 576 valence electrons. The van der Waals surface area contributed by atoms with E-state index < -0.39 is 100 Å². The van der Waals surface area contributed by atoms with Crippen LogP contribution in [-0.2, 0) is 50.2 Å². The van der Waals surface area contributed by atoms with E-state index in [0.717, 1.165) is 102 Å². The van der Waals surface area contributed by atoms with Crippen molar-refractivity contribution in [3.63, 3.8) is 0 Å². The van der Waals surface area contributed by atoms with Gasteiger partial charge in [-0.15, -0.1) is 23.1 Å². The SMILES string of the molecule is Cc1ncsc1-c1ccc([C@H](C)NC(=O)[C@@H]2C[C@@H](O)CN2C(=O)[C@@H](NC(=O)CCCOCC(=O)N2CCN(CC[C@H](CSc3ccccc3)Nc3ccc(S(=O)(=O)NC(=O)c4ccc5c(c4)CCC4CN(CC6=C(c7ccc(Cl)cc7)CCC(C)(C)C6)CCN54)cc3S(=O)(=O)C(F)(F)F)CC2)C(C)(C)C)cc1. The molecule has 5 aromatic carbocycles. The first-order valence-corrected chi connectivity index (χ1v) is 41.6. The number of carbonyl (C=O) groups excluding carboxylic acids is 5. The molecule has 0 radical (unpaired) electrons. The van der Waals surface area contributed by atoms with Crippen LogP contribution in [0.15, 0.2) is 141 Å². The Balaban J connectivity index is 0.655. The number of β-amino-alcohol motifs (C(OH)–C–C–N with tert-alkyl or cyclic N) is 1. The van der Waals surface area contributed by atoms with Gasteiger partial charge >= 0.3 is 5.51 Å². The summed E-state index contributed by atoms with van der Waals surface area (Å²) in [5.41, 5.74) is 3.50. The third-order valence-electron chi connectivity index (χ3n) is 20.9. The normalized spacial score (nSPS) is 19.7. The number of anilines is 2. The van der Waals surface area contributed by atoms with Gasteiger partial charge < -0.3 is 40.5 Å². The number of halogens is 4. The van der Waals surface area contributed by atoms with Gasteiger partial charge in [0.05, 0.1) is 38.8 Å². The number of rotatable bonds is 27. The summed E-state index contributed by atoms with van der Waals surface area (Å²) in [6, 6.07) is 29.5. The molecular weight excluding hydrogens is 1470 g/mol. The Morgan fingerprint density at radius 1 is 0.841 bits per heavy atom. The number of thioether (sulfide) groups is 1. The number of hydrogen-bond acceptors (Lipinski definition) is 18.